The van der Waals surface area contributed by atoms with Gasteiger partial charge in [0, 0.05) is 10.0 Å². The summed E-state index contributed by atoms with van der Waals surface area (Å²) in [6.07, 6.45) is 0. The summed E-state index contributed by atoms with van der Waals surface area (Å²) < 4.78 is 6.18. The lowest BCUT2D eigenvalue weighted by atomic mass is 10.1. The van der Waals surface area contributed by atoms with Crippen LogP contribution in [0, 0.1) is 0 Å². The molecule has 0 saturated heterocycles. The topological polar surface area (TPSA) is 67.4 Å². The largest absolute Gasteiger partial charge is 0.482 e. The third-order valence-corrected chi connectivity index (χ3v) is 4.06. The van der Waals surface area contributed by atoms with E-state index in [1.54, 1.807) is 18.2 Å². The van der Waals surface area contributed by atoms with Gasteiger partial charge in [-0.25, -0.2) is 0 Å². The van der Waals surface area contributed by atoms with E-state index in [4.69, 9.17) is 4.74 Å². The molecule has 1 heterocycles. The Morgan fingerprint density at radius 1 is 1.30 bits per heavy atom. The zero-order chi connectivity index (χ0) is 16.4. The first-order valence-corrected chi connectivity index (χ1v) is 7.95. The number of amides is 2. The second-order valence-corrected chi connectivity index (χ2v) is 6.21. The molecule has 0 radical (unpaired) electrons. The second-order valence-electron chi connectivity index (χ2n) is 5.30. The molecule has 2 N–H and O–H groups in total. The molecule has 0 saturated carbocycles. The molecule has 1 unspecified atom stereocenters. The van der Waals surface area contributed by atoms with Gasteiger partial charge in [0.2, 0.25) is 0 Å². The fourth-order valence-electron chi connectivity index (χ4n) is 2.36. The van der Waals surface area contributed by atoms with Crippen molar-refractivity contribution in [2.45, 2.75) is 13.0 Å². The molecule has 1 atom stereocenters. The number of nitrogens with one attached hydrogen (secondary N) is 2. The minimum atomic E-state index is -0.203. The van der Waals surface area contributed by atoms with Crippen LogP contribution in [-0.2, 0) is 4.79 Å². The maximum absolute atomic E-state index is 12.3. The molecule has 23 heavy (non-hydrogen) atoms. The second kappa shape index (κ2) is 6.42. The Morgan fingerprint density at radius 3 is 2.91 bits per heavy atom. The lowest BCUT2D eigenvalue weighted by molar-refractivity contribution is -0.118. The average molecular weight is 375 g/mol. The maximum atomic E-state index is 12.3. The summed E-state index contributed by atoms with van der Waals surface area (Å²) >= 11 is 3.35. The van der Waals surface area contributed by atoms with Crippen LogP contribution in [0.5, 0.6) is 5.75 Å². The first-order valence-electron chi connectivity index (χ1n) is 7.16. The van der Waals surface area contributed by atoms with E-state index >= 15 is 0 Å². The van der Waals surface area contributed by atoms with E-state index in [0.717, 1.165) is 10.0 Å². The van der Waals surface area contributed by atoms with Crippen molar-refractivity contribution in [3.05, 3.63) is 58.1 Å². The Labute approximate surface area is 142 Å². The molecule has 1 aliphatic heterocycles. The Kier molecular flexibility index (Phi) is 4.34. The summed E-state index contributed by atoms with van der Waals surface area (Å²) in [4.78, 5) is 23.7. The molecule has 5 nitrogen and oxygen atoms in total. The van der Waals surface area contributed by atoms with Gasteiger partial charge >= 0.3 is 0 Å². The first-order chi connectivity index (χ1) is 11.0. The molecule has 2 amide bonds. The molecule has 0 bridgehead atoms. The van der Waals surface area contributed by atoms with Crippen molar-refractivity contribution in [1.29, 1.82) is 0 Å². The predicted molar refractivity (Wildman–Crippen MR) is 90.6 cm³/mol. The smallest absolute Gasteiger partial charge is 0.262 e. The number of benzene rings is 2. The van der Waals surface area contributed by atoms with Crippen LogP contribution in [0.3, 0.4) is 0 Å². The Balaban J connectivity index is 1.75. The van der Waals surface area contributed by atoms with Gasteiger partial charge < -0.3 is 15.4 Å². The lowest BCUT2D eigenvalue weighted by Crippen LogP contribution is -2.28. The minimum absolute atomic E-state index is 0.0293. The van der Waals surface area contributed by atoms with E-state index in [1.807, 2.05) is 31.2 Å². The lowest BCUT2D eigenvalue weighted by Gasteiger charge is -2.21. The van der Waals surface area contributed by atoms with Gasteiger partial charge in [-0.05, 0) is 42.8 Å². The van der Waals surface area contributed by atoms with Gasteiger partial charge in [0.05, 0.1) is 11.7 Å². The van der Waals surface area contributed by atoms with Crippen LogP contribution in [0.4, 0.5) is 5.69 Å². The molecule has 6 heteroatoms. The number of anilines is 1. The number of halogens is 1. The van der Waals surface area contributed by atoms with E-state index < -0.39 is 0 Å². The predicted octanol–water partition coefficient (Wildman–Crippen LogP) is 3.27. The van der Waals surface area contributed by atoms with Crippen LogP contribution in [0.25, 0.3) is 0 Å². The molecular weight excluding hydrogens is 360 g/mol. The van der Waals surface area contributed by atoms with Gasteiger partial charge in [-0.3, -0.25) is 9.59 Å². The van der Waals surface area contributed by atoms with Crippen molar-refractivity contribution in [2.75, 3.05) is 11.9 Å². The van der Waals surface area contributed by atoms with Crippen molar-refractivity contribution in [3.8, 4) is 5.75 Å². The normalized spacial score (nSPS) is 14.3. The number of rotatable bonds is 3. The van der Waals surface area contributed by atoms with E-state index in [9.17, 15) is 9.59 Å². The molecule has 2 aromatic carbocycles. The van der Waals surface area contributed by atoms with Crippen molar-refractivity contribution >= 4 is 33.4 Å². The zero-order valence-corrected chi connectivity index (χ0v) is 14.0. The third-order valence-electron chi connectivity index (χ3n) is 3.57. The number of hydrogen-bond acceptors (Lipinski definition) is 3. The van der Waals surface area contributed by atoms with Gasteiger partial charge in [0.1, 0.15) is 5.75 Å². The summed E-state index contributed by atoms with van der Waals surface area (Å²) in [7, 11) is 0. The maximum Gasteiger partial charge on any atom is 0.262 e. The average Bonchev–Trinajstić information content (AvgIpc) is 2.54. The molecule has 0 aromatic heterocycles. The number of hydrogen-bond donors (Lipinski definition) is 2. The third kappa shape index (κ3) is 3.53. The monoisotopic (exact) mass is 374 g/mol. The molecule has 0 aliphatic carbocycles. The molecular formula is C17H15BrN2O3. The molecule has 3 rings (SSSR count). The molecule has 0 fully saturated rings. The van der Waals surface area contributed by atoms with Gasteiger partial charge in [-0.2, -0.15) is 0 Å². The molecule has 1 aliphatic rings. The van der Waals surface area contributed by atoms with Crippen LogP contribution in [-0.4, -0.2) is 18.4 Å². The SMILES string of the molecule is CC(NC(=O)c1cccc(Br)c1)c1ccc2c(c1)NC(=O)CO2. The van der Waals surface area contributed by atoms with Gasteiger partial charge in [0.25, 0.3) is 11.8 Å². The van der Waals surface area contributed by atoms with Gasteiger partial charge in [-0.1, -0.05) is 28.1 Å². The van der Waals surface area contributed by atoms with E-state index in [1.165, 1.54) is 0 Å². The Morgan fingerprint density at radius 2 is 2.13 bits per heavy atom. The van der Waals surface area contributed by atoms with Gasteiger partial charge in [0.15, 0.2) is 6.61 Å². The first kappa shape index (κ1) is 15.6. The van der Waals surface area contributed by atoms with E-state index in [2.05, 4.69) is 26.6 Å². The Hall–Kier alpha value is -2.34. The highest BCUT2D eigenvalue weighted by Crippen LogP contribution is 2.30. The number of carbonyl (C=O) groups is 2. The minimum Gasteiger partial charge on any atom is -0.482 e. The fourth-order valence-corrected chi connectivity index (χ4v) is 2.76. The highest BCUT2D eigenvalue weighted by molar-refractivity contribution is 9.10. The van der Waals surface area contributed by atoms with Crippen molar-refractivity contribution in [1.82, 2.24) is 5.32 Å². The summed E-state index contributed by atoms with van der Waals surface area (Å²) in [6, 6.07) is 12.5. The summed E-state index contributed by atoms with van der Waals surface area (Å²) in [5.41, 5.74) is 2.10. The van der Waals surface area contributed by atoms with Gasteiger partial charge in [-0.15, -0.1) is 0 Å². The van der Waals surface area contributed by atoms with Crippen molar-refractivity contribution < 1.29 is 14.3 Å². The molecule has 118 valence electrons. The highest BCUT2D eigenvalue weighted by atomic mass is 79.9. The summed E-state index contributed by atoms with van der Waals surface area (Å²) in [6.45, 7) is 1.92. The summed E-state index contributed by atoms with van der Waals surface area (Å²) in [5.74, 6) is 0.302. The van der Waals surface area contributed by atoms with Crippen molar-refractivity contribution in [2.24, 2.45) is 0 Å². The fraction of sp³-hybridized carbons (Fsp3) is 0.176. The van der Waals surface area contributed by atoms with Crippen LogP contribution in [0.2, 0.25) is 0 Å². The zero-order valence-electron chi connectivity index (χ0n) is 12.4. The number of fused-ring (bicyclic) bond motifs is 1. The quantitative estimate of drug-likeness (QED) is 0.866. The van der Waals surface area contributed by atoms with Crippen LogP contribution in [0.15, 0.2) is 46.9 Å². The molecule has 2 aromatic rings. The van der Waals surface area contributed by atoms with E-state index in [-0.39, 0.29) is 24.5 Å². The number of ether oxygens (including phenoxy) is 1. The van der Waals surface area contributed by atoms with Crippen LogP contribution < -0.4 is 15.4 Å². The summed E-state index contributed by atoms with van der Waals surface area (Å²) in [5, 5.41) is 5.71. The van der Waals surface area contributed by atoms with Crippen LogP contribution in [0.1, 0.15) is 28.9 Å². The standard InChI is InChI=1S/C17H15BrN2O3/c1-10(19-17(22)12-3-2-4-13(18)7-12)11-5-6-15-14(8-11)20-16(21)9-23-15/h2-8,10H,9H2,1H3,(H,19,22)(H,20,21). The Bertz CT molecular complexity index is 776. The van der Waals surface area contributed by atoms with E-state index in [0.29, 0.717) is 17.0 Å². The van der Waals surface area contributed by atoms with Crippen molar-refractivity contribution in [3.63, 3.8) is 0 Å². The number of carbonyl (C=O) groups excluding carboxylic acids is 2. The van der Waals surface area contributed by atoms with Crippen LogP contribution >= 0.6 is 15.9 Å². The highest BCUT2D eigenvalue weighted by Gasteiger charge is 2.18. The molecule has 0 spiro atoms.